The molecular weight excluding hydrogens is 268 g/mol. The molecule has 2 N–H and O–H groups in total. The second kappa shape index (κ2) is 5.83. The number of hydrogen-bond acceptors (Lipinski definition) is 5. The molecular formula is C16H24N2O3. The molecule has 5 nitrogen and oxygen atoms in total. The van der Waals surface area contributed by atoms with Crippen molar-refractivity contribution in [3.05, 3.63) is 23.8 Å². The quantitative estimate of drug-likeness (QED) is 0.881. The Labute approximate surface area is 125 Å². The minimum Gasteiger partial charge on any atom is -0.508 e. The van der Waals surface area contributed by atoms with Gasteiger partial charge in [-0.05, 0) is 26.0 Å². The minimum atomic E-state index is 0.0868. The van der Waals surface area contributed by atoms with Crippen LogP contribution in [0.4, 0.5) is 0 Å². The molecule has 2 aliphatic heterocycles. The van der Waals surface area contributed by atoms with Crippen molar-refractivity contribution in [2.24, 2.45) is 0 Å². The largest absolute Gasteiger partial charge is 0.508 e. The fourth-order valence-corrected chi connectivity index (χ4v) is 3.02. The lowest BCUT2D eigenvalue weighted by molar-refractivity contribution is -0.0105. The number of morpholine rings is 1. The van der Waals surface area contributed by atoms with E-state index in [1.54, 1.807) is 12.1 Å². The molecule has 1 aromatic carbocycles. The van der Waals surface area contributed by atoms with Crippen molar-refractivity contribution in [1.29, 1.82) is 0 Å². The first kappa shape index (κ1) is 14.6. The molecule has 0 spiro atoms. The van der Waals surface area contributed by atoms with E-state index in [1.165, 1.54) is 0 Å². The summed E-state index contributed by atoms with van der Waals surface area (Å²) in [6, 6.07) is 5.54. The summed E-state index contributed by atoms with van der Waals surface area (Å²) < 4.78 is 11.1. The Balaban J connectivity index is 1.61. The number of phenolic OH excluding ortho intramolecular Hbond substituents is 1. The van der Waals surface area contributed by atoms with Crippen LogP contribution in [0.25, 0.3) is 0 Å². The average molecular weight is 292 g/mol. The number of phenols is 1. The molecule has 0 aliphatic carbocycles. The molecule has 5 heteroatoms. The van der Waals surface area contributed by atoms with E-state index in [9.17, 15) is 5.11 Å². The zero-order valence-corrected chi connectivity index (χ0v) is 12.8. The van der Waals surface area contributed by atoms with Crippen molar-refractivity contribution in [2.45, 2.75) is 25.4 Å². The topological polar surface area (TPSA) is 54.0 Å². The highest BCUT2D eigenvalue weighted by molar-refractivity contribution is 5.44. The molecule has 0 aromatic heterocycles. The SMILES string of the molecule is CC(C)(CNC1COc2cc(O)ccc21)N1CCOCC1. The predicted molar refractivity (Wildman–Crippen MR) is 80.8 cm³/mol. The van der Waals surface area contributed by atoms with Gasteiger partial charge >= 0.3 is 0 Å². The Bertz CT molecular complexity index is 498. The van der Waals surface area contributed by atoms with Crippen LogP contribution >= 0.6 is 0 Å². The summed E-state index contributed by atoms with van der Waals surface area (Å²) in [5, 5.41) is 13.1. The molecule has 0 bridgehead atoms. The smallest absolute Gasteiger partial charge is 0.127 e. The summed E-state index contributed by atoms with van der Waals surface area (Å²) in [6.07, 6.45) is 0. The highest BCUT2D eigenvalue weighted by Crippen LogP contribution is 2.35. The van der Waals surface area contributed by atoms with Crippen LogP contribution in [0, 0.1) is 0 Å². The third kappa shape index (κ3) is 3.15. The molecule has 116 valence electrons. The summed E-state index contributed by atoms with van der Waals surface area (Å²) in [5.41, 5.74) is 1.22. The van der Waals surface area contributed by atoms with Gasteiger partial charge in [-0.3, -0.25) is 4.90 Å². The van der Waals surface area contributed by atoms with Crippen molar-refractivity contribution < 1.29 is 14.6 Å². The summed E-state index contributed by atoms with van der Waals surface area (Å²) in [6.45, 7) is 9.65. The van der Waals surface area contributed by atoms with Crippen LogP contribution in [0.3, 0.4) is 0 Å². The number of ether oxygens (including phenoxy) is 2. The molecule has 3 rings (SSSR count). The molecule has 1 fully saturated rings. The van der Waals surface area contributed by atoms with Gasteiger partial charge in [0.2, 0.25) is 0 Å². The number of aromatic hydroxyl groups is 1. The molecule has 0 radical (unpaired) electrons. The zero-order chi connectivity index (χ0) is 14.9. The van der Waals surface area contributed by atoms with Crippen molar-refractivity contribution in [1.82, 2.24) is 10.2 Å². The number of fused-ring (bicyclic) bond motifs is 1. The second-order valence-electron chi connectivity index (χ2n) is 6.38. The molecule has 0 saturated carbocycles. The number of nitrogens with zero attached hydrogens (tertiary/aromatic N) is 1. The highest BCUT2D eigenvalue weighted by atomic mass is 16.5. The average Bonchev–Trinajstić information content (AvgIpc) is 2.88. The molecule has 1 atom stereocenters. The molecule has 0 amide bonds. The third-order valence-corrected chi connectivity index (χ3v) is 4.43. The van der Waals surface area contributed by atoms with Gasteiger partial charge in [0.25, 0.3) is 0 Å². The number of hydrogen-bond donors (Lipinski definition) is 2. The maximum atomic E-state index is 9.49. The van der Waals surface area contributed by atoms with Gasteiger partial charge in [-0.25, -0.2) is 0 Å². The van der Waals surface area contributed by atoms with Crippen LogP contribution in [0.5, 0.6) is 11.5 Å². The maximum absolute atomic E-state index is 9.49. The molecule has 2 aliphatic rings. The normalized spacial score (nSPS) is 22.9. The summed E-state index contributed by atoms with van der Waals surface area (Å²) in [4.78, 5) is 2.47. The van der Waals surface area contributed by atoms with Crippen LogP contribution in [0.2, 0.25) is 0 Å². The van der Waals surface area contributed by atoms with Crippen molar-refractivity contribution in [3.63, 3.8) is 0 Å². The fraction of sp³-hybridized carbons (Fsp3) is 0.625. The van der Waals surface area contributed by atoms with E-state index < -0.39 is 0 Å². The molecule has 1 aromatic rings. The lowest BCUT2D eigenvalue weighted by atomic mass is 10.0. The minimum absolute atomic E-state index is 0.0868. The Kier molecular flexibility index (Phi) is 4.06. The first-order chi connectivity index (χ1) is 10.1. The first-order valence-electron chi connectivity index (χ1n) is 7.58. The fourth-order valence-electron chi connectivity index (χ4n) is 3.02. The van der Waals surface area contributed by atoms with Gasteiger partial charge in [0, 0.05) is 36.8 Å². The van der Waals surface area contributed by atoms with Crippen LogP contribution in [0.1, 0.15) is 25.5 Å². The van der Waals surface area contributed by atoms with Crippen LogP contribution in [-0.4, -0.2) is 55.0 Å². The summed E-state index contributed by atoms with van der Waals surface area (Å²) in [5.74, 6) is 1.04. The zero-order valence-electron chi connectivity index (χ0n) is 12.8. The van der Waals surface area contributed by atoms with Crippen molar-refractivity contribution >= 4 is 0 Å². The van der Waals surface area contributed by atoms with E-state index in [0.717, 1.165) is 44.2 Å². The van der Waals surface area contributed by atoms with Gasteiger partial charge < -0.3 is 19.9 Å². The standard InChI is InChI=1S/C16H24N2O3/c1-16(2,18-5-7-20-8-6-18)11-17-14-10-21-15-9-12(19)3-4-13(14)15/h3-4,9,14,17,19H,5-8,10-11H2,1-2H3. The van der Waals surface area contributed by atoms with Gasteiger partial charge in [0.15, 0.2) is 0 Å². The van der Waals surface area contributed by atoms with Gasteiger partial charge in [-0.15, -0.1) is 0 Å². The maximum Gasteiger partial charge on any atom is 0.127 e. The first-order valence-corrected chi connectivity index (χ1v) is 7.58. The Morgan fingerprint density at radius 2 is 2.10 bits per heavy atom. The third-order valence-electron chi connectivity index (χ3n) is 4.43. The lowest BCUT2D eigenvalue weighted by Gasteiger charge is -2.41. The van der Waals surface area contributed by atoms with Gasteiger partial charge in [-0.1, -0.05) is 0 Å². The molecule has 2 heterocycles. The number of nitrogens with one attached hydrogen (secondary N) is 1. The Hall–Kier alpha value is -1.30. The highest BCUT2D eigenvalue weighted by Gasteiger charge is 2.31. The number of rotatable bonds is 4. The van der Waals surface area contributed by atoms with Gasteiger partial charge in [0.05, 0.1) is 19.3 Å². The van der Waals surface area contributed by atoms with Gasteiger partial charge in [-0.2, -0.15) is 0 Å². The van der Waals surface area contributed by atoms with E-state index >= 15 is 0 Å². The Morgan fingerprint density at radius 3 is 2.86 bits per heavy atom. The molecule has 1 saturated heterocycles. The molecule has 21 heavy (non-hydrogen) atoms. The van der Waals surface area contributed by atoms with Crippen LogP contribution in [-0.2, 0) is 4.74 Å². The number of benzene rings is 1. The van der Waals surface area contributed by atoms with Crippen molar-refractivity contribution in [3.8, 4) is 11.5 Å². The van der Waals surface area contributed by atoms with E-state index in [1.807, 2.05) is 6.07 Å². The molecule has 1 unspecified atom stereocenters. The van der Waals surface area contributed by atoms with Crippen molar-refractivity contribution in [2.75, 3.05) is 39.5 Å². The van der Waals surface area contributed by atoms with Crippen LogP contribution < -0.4 is 10.1 Å². The van der Waals surface area contributed by atoms with E-state index in [2.05, 4.69) is 24.1 Å². The Morgan fingerprint density at radius 1 is 1.33 bits per heavy atom. The second-order valence-corrected chi connectivity index (χ2v) is 6.38. The van der Waals surface area contributed by atoms with E-state index in [4.69, 9.17) is 9.47 Å². The predicted octanol–water partition coefficient (Wildman–Crippen LogP) is 1.53. The van der Waals surface area contributed by atoms with E-state index in [0.29, 0.717) is 6.61 Å². The van der Waals surface area contributed by atoms with E-state index in [-0.39, 0.29) is 17.3 Å². The summed E-state index contributed by atoms with van der Waals surface area (Å²) in [7, 11) is 0. The monoisotopic (exact) mass is 292 g/mol. The van der Waals surface area contributed by atoms with Gasteiger partial charge in [0.1, 0.15) is 18.1 Å². The van der Waals surface area contributed by atoms with Crippen LogP contribution in [0.15, 0.2) is 18.2 Å². The lowest BCUT2D eigenvalue weighted by Crippen LogP contribution is -2.55. The summed E-state index contributed by atoms with van der Waals surface area (Å²) >= 11 is 0.